The van der Waals surface area contributed by atoms with Gasteiger partial charge in [0.25, 0.3) is 10.0 Å². The molecule has 3 aromatic carbocycles. The lowest BCUT2D eigenvalue weighted by Crippen LogP contribution is -2.53. The minimum atomic E-state index is -4.13. The molecular formula is C31H38ClN3O4S. The highest BCUT2D eigenvalue weighted by Gasteiger charge is 2.33. The molecule has 1 unspecified atom stereocenters. The molecule has 0 radical (unpaired) electrons. The lowest BCUT2D eigenvalue weighted by atomic mass is 10.1. The van der Waals surface area contributed by atoms with Crippen molar-refractivity contribution in [3.63, 3.8) is 0 Å². The minimum Gasteiger partial charge on any atom is -0.354 e. The molecule has 0 spiro atoms. The summed E-state index contributed by atoms with van der Waals surface area (Å²) in [6, 6.07) is 21.8. The van der Waals surface area contributed by atoms with Crippen molar-refractivity contribution in [1.82, 2.24) is 10.2 Å². The number of anilines is 1. The normalized spacial score (nSPS) is 12.2. The largest absolute Gasteiger partial charge is 0.354 e. The van der Waals surface area contributed by atoms with Gasteiger partial charge in [0.1, 0.15) is 12.6 Å². The van der Waals surface area contributed by atoms with Crippen LogP contribution in [0.15, 0.2) is 83.8 Å². The molecule has 0 aliphatic heterocycles. The van der Waals surface area contributed by atoms with Crippen LogP contribution >= 0.6 is 11.6 Å². The Labute approximate surface area is 243 Å². The molecule has 1 atom stereocenters. The number of hydrogen-bond acceptors (Lipinski definition) is 4. The third kappa shape index (κ3) is 8.32. The predicted octanol–water partition coefficient (Wildman–Crippen LogP) is 5.47. The Morgan fingerprint density at radius 3 is 2.23 bits per heavy atom. The number of carbonyl (C=O) groups is 2. The molecule has 0 saturated carbocycles. The first-order valence-corrected chi connectivity index (χ1v) is 15.3. The van der Waals surface area contributed by atoms with Crippen LogP contribution in [0, 0.1) is 12.8 Å². The van der Waals surface area contributed by atoms with Gasteiger partial charge < -0.3 is 10.2 Å². The molecule has 0 aromatic heterocycles. The number of amides is 2. The van der Waals surface area contributed by atoms with Crippen LogP contribution in [-0.2, 0) is 26.0 Å². The second-order valence-corrected chi connectivity index (χ2v) is 12.5. The fraction of sp³-hybridized carbons (Fsp3) is 0.355. The number of nitrogens with zero attached hydrogens (tertiary/aromatic N) is 2. The Kier molecular flexibility index (Phi) is 11.2. The first-order valence-electron chi connectivity index (χ1n) is 13.5. The van der Waals surface area contributed by atoms with Gasteiger partial charge in [-0.1, -0.05) is 86.5 Å². The van der Waals surface area contributed by atoms with E-state index in [9.17, 15) is 18.0 Å². The lowest BCUT2D eigenvalue weighted by molar-refractivity contribution is -0.139. The fourth-order valence-corrected chi connectivity index (χ4v) is 5.91. The molecule has 2 amide bonds. The van der Waals surface area contributed by atoms with E-state index in [-0.39, 0.29) is 29.0 Å². The number of halogens is 1. The van der Waals surface area contributed by atoms with E-state index < -0.39 is 28.5 Å². The standard InChI is InChI=1S/C31H38ClN3O4S/c1-5-29(31(37)33-21-23(2)3)34(19-18-25-10-7-6-8-11-25)30(36)22-35(27-13-9-12-26(32)20-27)40(38,39)28-16-14-24(4)15-17-28/h6-17,20,23,29H,5,18-19,21-22H2,1-4H3,(H,33,37). The van der Waals surface area contributed by atoms with E-state index in [4.69, 9.17) is 11.6 Å². The van der Waals surface area contributed by atoms with E-state index in [1.54, 1.807) is 30.3 Å². The first-order chi connectivity index (χ1) is 19.0. The average molecular weight is 584 g/mol. The second-order valence-electron chi connectivity index (χ2n) is 10.2. The number of rotatable bonds is 13. The maximum Gasteiger partial charge on any atom is 0.264 e. The van der Waals surface area contributed by atoms with Crippen LogP contribution in [-0.4, -0.2) is 50.8 Å². The summed E-state index contributed by atoms with van der Waals surface area (Å²) in [5.74, 6) is -0.487. The van der Waals surface area contributed by atoms with E-state index >= 15 is 0 Å². The van der Waals surface area contributed by atoms with Crippen LogP contribution in [0.25, 0.3) is 0 Å². The van der Waals surface area contributed by atoms with Crippen LogP contribution < -0.4 is 9.62 Å². The lowest BCUT2D eigenvalue weighted by Gasteiger charge is -2.33. The number of benzene rings is 3. The van der Waals surface area contributed by atoms with Gasteiger partial charge in [-0.05, 0) is 61.6 Å². The zero-order chi connectivity index (χ0) is 29.3. The van der Waals surface area contributed by atoms with E-state index in [2.05, 4.69) is 5.32 Å². The highest BCUT2D eigenvalue weighted by atomic mass is 35.5. The summed E-state index contributed by atoms with van der Waals surface area (Å²) in [6.45, 7) is 7.96. The van der Waals surface area contributed by atoms with Crippen LogP contribution in [0.1, 0.15) is 38.3 Å². The number of hydrogen-bond donors (Lipinski definition) is 1. The van der Waals surface area contributed by atoms with E-state index in [1.807, 2.05) is 58.0 Å². The predicted molar refractivity (Wildman–Crippen MR) is 161 cm³/mol. The third-order valence-corrected chi connectivity index (χ3v) is 8.56. The number of aryl methyl sites for hydroxylation is 1. The zero-order valence-corrected chi connectivity index (χ0v) is 25.1. The van der Waals surface area contributed by atoms with Crippen LogP contribution in [0.2, 0.25) is 5.02 Å². The van der Waals surface area contributed by atoms with Crippen molar-refractivity contribution < 1.29 is 18.0 Å². The van der Waals surface area contributed by atoms with E-state index in [0.717, 1.165) is 15.4 Å². The molecule has 0 fully saturated rings. The third-order valence-electron chi connectivity index (χ3n) is 6.54. The van der Waals surface area contributed by atoms with Crippen molar-refractivity contribution in [3.05, 3.63) is 95.0 Å². The highest BCUT2D eigenvalue weighted by Crippen LogP contribution is 2.27. The maximum absolute atomic E-state index is 14.0. The molecule has 40 heavy (non-hydrogen) atoms. The summed E-state index contributed by atoms with van der Waals surface area (Å²) in [7, 11) is -4.13. The Morgan fingerprint density at radius 1 is 0.950 bits per heavy atom. The Balaban J connectivity index is 1.99. The molecule has 0 bridgehead atoms. The molecule has 3 aromatic rings. The number of nitrogens with one attached hydrogen (secondary N) is 1. The second kappa shape index (κ2) is 14.3. The summed E-state index contributed by atoms with van der Waals surface area (Å²) in [5.41, 5.74) is 2.19. The Bertz CT molecular complexity index is 1380. The average Bonchev–Trinajstić information content (AvgIpc) is 2.93. The Hall–Kier alpha value is -3.36. The first kappa shape index (κ1) is 31.2. The van der Waals surface area contributed by atoms with Crippen molar-refractivity contribution in [3.8, 4) is 0 Å². The number of carbonyl (C=O) groups excluding carboxylic acids is 2. The SMILES string of the molecule is CCC(C(=O)NCC(C)C)N(CCc1ccccc1)C(=O)CN(c1cccc(Cl)c1)S(=O)(=O)c1ccc(C)cc1. The molecule has 9 heteroatoms. The van der Waals surface area contributed by atoms with Gasteiger partial charge in [0, 0.05) is 18.1 Å². The van der Waals surface area contributed by atoms with Crippen molar-refractivity contribution >= 4 is 39.1 Å². The maximum atomic E-state index is 14.0. The van der Waals surface area contributed by atoms with Gasteiger partial charge in [0.2, 0.25) is 11.8 Å². The van der Waals surface area contributed by atoms with Crippen molar-refractivity contribution in [2.24, 2.45) is 5.92 Å². The molecule has 7 nitrogen and oxygen atoms in total. The molecule has 214 valence electrons. The monoisotopic (exact) mass is 583 g/mol. The fourth-order valence-electron chi connectivity index (χ4n) is 4.32. The Morgan fingerprint density at radius 2 is 1.62 bits per heavy atom. The van der Waals surface area contributed by atoms with Gasteiger partial charge >= 0.3 is 0 Å². The van der Waals surface area contributed by atoms with Gasteiger partial charge in [-0.2, -0.15) is 0 Å². The molecule has 0 aliphatic carbocycles. The molecule has 0 heterocycles. The van der Waals surface area contributed by atoms with Gasteiger partial charge in [-0.15, -0.1) is 0 Å². The molecule has 0 aliphatic rings. The number of sulfonamides is 1. The van der Waals surface area contributed by atoms with Crippen molar-refractivity contribution in [2.45, 2.75) is 51.5 Å². The van der Waals surface area contributed by atoms with Crippen LogP contribution in [0.3, 0.4) is 0 Å². The topological polar surface area (TPSA) is 86.8 Å². The summed E-state index contributed by atoms with van der Waals surface area (Å²) >= 11 is 6.23. The van der Waals surface area contributed by atoms with Crippen LogP contribution in [0.5, 0.6) is 0 Å². The van der Waals surface area contributed by atoms with Gasteiger partial charge in [-0.3, -0.25) is 13.9 Å². The highest BCUT2D eigenvalue weighted by molar-refractivity contribution is 7.92. The molecular weight excluding hydrogens is 546 g/mol. The summed E-state index contributed by atoms with van der Waals surface area (Å²) in [5, 5.41) is 3.28. The molecule has 1 N–H and O–H groups in total. The minimum absolute atomic E-state index is 0.0587. The summed E-state index contributed by atoms with van der Waals surface area (Å²) < 4.78 is 28.8. The van der Waals surface area contributed by atoms with E-state index in [0.29, 0.717) is 24.4 Å². The smallest absolute Gasteiger partial charge is 0.264 e. The zero-order valence-electron chi connectivity index (χ0n) is 23.5. The summed E-state index contributed by atoms with van der Waals surface area (Å²) in [6.07, 6.45) is 0.898. The van der Waals surface area contributed by atoms with Gasteiger partial charge in [0.05, 0.1) is 10.6 Å². The quantitative estimate of drug-likeness (QED) is 0.289. The van der Waals surface area contributed by atoms with Crippen molar-refractivity contribution in [1.29, 1.82) is 0 Å². The molecule has 3 rings (SSSR count). The van der Waals surface area contributed by atoms with Gasteiger partial charge in [0.15, 0.2) is 0 Å². The molecule has 0 saturated heterocycles. The van der Waals surface area contributed by atoms with Crippen molar-refractivity contribution in [2.75, 3.05) is 23.9 Å². The summed E-state index contributed by atoms with van der Waals surface area (Å²) in [4.78, 5) is 28.8. The van der Waals surface area contributed by atoms with Crippen LogP contribution in [0.4, 0.5) is 5.69 Å². The van der Waals surface area contributed by atoms with E-state index in [1.165, 1.54) is 23.1 Å². The van der Waals surface area contributed by atoms with Gasteiger partial charge in [-0.25, -0.2) is 8.42 Å².